The number of aromatic hydroxyl groups is 1. The summed E-state index contributed by atoms with van der Waals surface area (Å²) in [6.45, 7) is 5.42. The van der Waals surface area contributed by atoms with Crippen molar-refractivity contribution in [3.8, 4) is 5.75 Å². The van der Waals surface area contributed by atoms with Gasteiger partial charge < -0.3 is 5.11 Å². The standard InChI is InChI=1S/C20H25N3O/c24-20-5-1-3-16(9-20)13-23-14-18-6-7-19(23)15-22(12-18)11-17-4-2-8-21-10-17/h1-5,8-10,18-19,24H,6-7,11-15H2/t18-,19+/m0/s1. The first-order valence-corrected chi connectivity index (χ1v) is 8.89. The van der Waals surface area contributed by atoms with Gasteiger partial charge in [0.05, 0.1) is 0 Å². The van der Waals surface area contributed by atoms with Gasteiger partial charge in [0.2, 0.25) is 0 Å². The lowest BCUT2D eigenvalue weighted by molar-refractivity contribution is 0.123. The summed E-state index contributed by atoms with van der Waals surface area (Å²) in [6, 6.07) is 12.5. The molecule has 3 aliphatic heterocycles. The molecule has 4 heterocycles. The lowest BCUT2D eigenvalue weighted by Crippen LogP contribution is -2.43. The molecular weight excluding hydrogens is 298 g/mol. The van der Waals surface area contributed by atoms with E-state index in [0.717, 1.165) is 25.6 Å². The maximum absolute atomic E-state index is 9.70. The Morgan fingerprint density at radius 2 is 1.92 bits per heavy atom. The number of benzene rings is 1. The third kappa shape index (κ3) is 3.60. The Morgan fingerprint density at radius 3 is 2.75 bits per heavy atom. The number of phenols is 1. The molecule has 3 aliphatic rings. The Morgan fingerprint density at radius 1 is 1.00 bits per heavy atom. The number of nitrogens with zero attached hydrogens (tertiary/aromatic N) is 3. The van der Waals surface area contributed by atoms with Crippen LogP contribution in [0.2, 0.25) is 0 Å². The molecule has 0 amide bonds. The molecule has 0 spiro atoms. The van der Waals surface area contributed by atoms with Gasteiger partial charge in [0.15, 0.2) is 0 Å². The third-order valence-electron chi connectivity index (χ3n) is 5.33. The zero-order valence-electron chi connectivity index (χ0n) is 14.0. The number of fused-ring (bicyclic) bond motifs is 4. The van der Waals surface area contributed by atoms with Crippen LogP contribution in [0.4, 0.5) is 0 Å². The molecule has 1 aromatic heterocycles. The Labute approximate surface area is 143 Å². The zero-order valence-corrected chi connectivity index (χ0v) is 14.0. The minimum atomic E-state index is 0.366. The molecule has 3 saturated heterocycles. The smallest absolute Gasteiger partial charge is 0.115 e. The predicted molar refractivity (Wildman–Crippen MR) is 94.5 cm³/mol. The first-order valence-electron chi connectivity index (χ1n) is 8.89. The van der Waals surface area contributed by atoms with Crippen molar-refractivity contribution < 1.29 is 5.11 Å². The van der Waals surface area contributed by atoms with Gasteiger partial charge in [0.1, 0.15) is 5.75 Å². The Balaban J connectivity index is 1.44. The first kappa shape index (κ1) is 15.6. The summed E-state index contributed by atoms with van der Waals surface area (Å²) < 4.78 is 0. The molecule has 0 aliphatic carbocycles. The summed E-state index contributed by atoms with van der Waals surface area (Å²) in [6.07, 6.45) is 6.45. The van der Waals surface area contributed by atoms with Crippen LogP contribution in [0.25, 0.3) is 0 Å². The SMILES string of the molecule is Oc1cccc(CN2C[C@H]3CC[C@@H]2CN(Cc2cccnc2)C3)c1. The van der Waals surface area contributed by atoms with Crippen molar-refractivity contribution in [3.63, 3.8) is 0 Å². The number of aromatic nitrogens is 1. The van der Waals surface area contributed by atoms with E-state index in [1.165, 1.54) is 37.1 Å². The van der Waals surface area contributed by atoms with Gasteiger partial charge in [-0.3, -0.25) is 14.8 Å². The second kappa shape index (κ2) is 6.91. The van der Waals surface area contributed by atoms with Crippen molar-refractivity contribution in [2.24, 2.45) is 5.92 Å². The molecule has 126 valence electrons. The van der Waals surface area contributed by atoms with Crippen molar-refractivity contribution in [2.45, 2.75) is 32.0 Å². The van der Waals surface area contributed by atoms with Crippen molar-refractivity contribution in [1.29, 1.82) is 0 Å². The zero-order chi connectivity index (χ0) is 16.4. The van der Waals surface area contributed by atoms with Crippen LogP contribution in [-0.2, 0) is 13.1 Å². The fourth-order valence-electron chi connectivity index (χ4n) is 4.24. The molecule has 24 heavy (non-hydrogen) atoms. The van der Waals surface area contributed by atoms with Crippen LogP contribution in [0.3, 0.4) is 0 Å². The molecule has 4 nitrogen and oxygen atoms in total. The number of piperidine rings is 1. The summed E-state index contributed by atoms with van der Waals surface area (Å²) in [4.78, 5) is 9.46. The molecule has 0 unspecified atom stereocenters. The number of hydrogen-bond acceptors (Lipinski definition) is 4. The quantitative estimate of drug-likeness (QED) is 0.939. The van der Waals surface area contributed by atoms with Gasteiger partial charge in [0, 0.05) is 51.2 Å². The van der Waals surface area contributed by atoms with Crippen LogP contribution in [-0.4, -0.2) is 45.6 Å². The molecule has 4 heteroatoms. The topological polar surface area (TPSA) is 39.6 Å². The minimum Gasteiger partial charge on any atom is -0.508 e. The van der Waals surface area contributed by atoms with Gasteiger partial charge >= 0.3 is 0 Å². The second-order valence-corrected chi connectivity index (χ2v) is 7.25. The average Bonchev–Trinajstić information content (AvgIpc) is 2.86. The molecule has 1 N–H and O–H groups in total. The monoisotopic (exact) mass is 323 g/mol. The lowest BCUT2D eigenvalue weighted by Gasteiger charge is -2.36. The summed E-state index contributed by atoms with van der Waals surface area (Å²) in [5, 5.41) is 9.70. The third-order valence-corrected chi connectivity index (χ3v) is 5.33. The van der Waals surface area contributed by atoms with Crippen molar-refractivity contribution in [2.75, 3.05) is 19.6 Å². The fourth-order valence-corrected chi connectivity index (χ4v) is 4.24. The van der Waals surface area contributed by atoms with E-state index in [0.29, 0.717) is 11.8 Å². The number of pyridine rings is 1. The highest BCUT2D eigenvalue weighted by molar-refractivity contribution is 5.27. The largest absolute Gasteiger partial charge is 0.508 e. The van der Waals surface area contributed by atoms with Crippen molar-refractivity contribution >= 4 is 0 Å². The van der Waals surface area contributed by atoms with Gasteiger partial charge in [0.25, 0.3) is 0 Å². The van der Waals surface area contributed by atoms with Crippen LogP contribution in [0, 0.1) is 5.92 Å². The summed E-state index contributed by atoms with van der Waals surface area (Å²) in [5.41, 5.74) is 2.51. The van der Waals surface area contributed by atoms with Gasteiger partial charge in [-0.1, -0.05) is 18.2 Å². The van der Waals surface area contributed by atoms with Crippen LogP contribution in [0.1, 0.15) is 24.0 Å². The second-order valence-electron chi connectivity index (χ2n) is 7.25. The highest BCUT2D eigenvalue weighted by Crippen LogP contribution is 2.30. The molecule has 0 radical (unpaired) electrons. The van der Waals surface area contributed by atoms with E-state index in [9.17, 15) is 5.11 Å². The molecule has 2 bridgehead atoms. The molecule has 3 fully saturated rings. The highest BCUT2D eigenvalue weighted by atomic mass is 16.3. The average molecular weight is 323 g/mol. The molecule has 5 rings (SSSR count). The van der Waals surface area contributed by atoms with E-state index in [2.05, 4.69) is 26.9 Å². The maximum atomic E-state index is 9.70. The van der Waals surface area contributed by atoms with Crippen molar-refractivity contribution in [3.05, 3.63) is 59.9 Å². The van der Waals surface area contributed by atoms with Gasteiger partial charge in [-0.25, -0.2) is 0 Å². The minimum absolute atomic E-state index is 0.366. The number of rotatable bonds is 4. The van der Waals surface area contributed by atoms with E-state index in [4.69, 9.17) is 0 Å². The summed E-state index contributed by atoms with van der Waals surface area (Å²) >= 11 is 0. The van der Waals surface area contributed by atoms with Gasteiger partial charge in [-0.05, 0) is 48.1 Å². The van der Waals surface area contributed by atoms with Crippen LogP contribution < -0.4 is 0 Å². The molecule has 2 aromatic rings. The van der Waals surface area contributed by atoms with E-state index < -0.39 is 0 Å². The normalized spacial score (nSPS) is 24.8. The summed E-state index contributed by atoms with van der Waals surface area (Å²) in [7, 11) is 0. The van der Waals surface area contributed by atoms with Crippen LogP contribution >= 0.6 is 0 Å². The Kier molecular flexibility index (Phi) is 4.50. The molecular formula is C20H25N3O. The lowest BCUT2D eigenvalue weighted by atomic mass is 9.94. The highest BCUT2D eigenvalue weighted by Gasteiger charge is 2.34. The Hall–Kier alpha value is -1.91. The van der Waals surface area contributed by atoms with Crippen molar-refractivity contribution in [1.82, 2.24) is 14.8 Å². The Bertz CT molecular complexity index is 676. The van der Waals surface area contributed by atoms with E-state index >= 15 is 0 Å². The molecule has 1 aromatic carbocycles. The maximum Gasteiger partial charge on any atom is 0.115 e. The number of phenolic OH excluding ortho intramolecular Hbond substituents is 1. The van der Waals surface area contributed by atoms with Crippen LogP contribution in [0.15, 0.2) is 48.8 Å². The predicted octanol–water partition coefficient (Wildman–Crippen LogP) is 2.88. The molecule has 2 atom stereocenters. The fraction of sp³-hybridized carbons (Fsp3) is 0.450. The van der Waals surface area contributed by atoms with E-state index in [1.807, 2.05) is 30.6 Å². The van der Waals surface area contributed by atoms with Crippen LogP contribution in [0.5, 0.6) is 5.75 Å². The first-order chi connectivity index (χ1) is 11.8. The van der Waals surface area contributed by atoms with E-state index in [-0.39, 0.29) is 0 Å². The van der Waals surface area contributed by atoms with E-state index in [1.54, 1.807) is 6.07 Å². The number of hydrogen-bond donors (Lipinski definition) is 1. The summed E-state index contributed by atoms with van der Waals surface area (Å²) in [5.74, 6) is 1.11. The van der Waals surface area contributed by atoms with Gasteiger partial charge in [-0.15, -0.1) is 0 Å². The molecule has 0 saturated carbocycles. The van der Waals surface area contributed by atoms with Gasteiger partial charge in [-0.2, -0.15) is 0 Å².